The zero-order valence-electron chi connectivity index (χ0n) is 9.89. The molecule has 0 aliphatic heterocycles. The summed E-state index contributed by atoms with van der Waals surface area (Å²) in [5.74, 6) is 0. The number of nitrogens with one attached hydrogen (secondary N) is 1. The summed E-state index contributed by atoms with van der Waals surface area (Å²) < 4.78 is 0. The van der Waals surface area contributed by atoms with Gasteiger partial charge in [-0.3, -0.25) is 4.98 Å². The second-order valence-corrected chi connectivity index (χ2v) is 3.94. The Morgan fingerprint density at radius 3 is 2.00 bits per heavy atom. The van der Waals surface area contributed by atoms with Crippen molar-refractivity contribution in [2.45, 2.75) is 20.0 Å². The van der Waals surface area contributed by atoms with Gasteiger partial charge in [-0.1, -0.05) is 29.8 Å². The van der Waals surface area contributed by atoms with Crippen LogP contribution in [-0.2, 0) is 13.1 Å². The van der Waals surface area contributed by atoms with Crippen molar-refractivity contribution in [1.82, 2.24) is 10.3 Å². The van der Waals surface area contributed by atoms with E-state index in [1.807, 2.05) is 24.5 Å². The highest BCUT2D eigenvalue weighted by Gasteiger charge is 1.93. The fraction of sp³-hybridized carbons (Fsp3) is 0.214. The third-order valence-corrected chi connectivity index (χ3v) is 2.53. The van der Waals surface area contributed by atoms with Gasteiger partial charge < -0.3 is 5.32 Å². The zero-order valence-corrected chi connectivity index (χ0v) is 10.7. The van der Waals surface area contributed by atoms with E-state index in [1.165, 1.54) is 16.7 Å². The molecule has 90 valence electrons. The molecular formula is C14H17ClN2. The van der Waals surface area contributed by atoms with Crippen LogP contribution in [0.15, 0.2) is 48.8 Å². The lowest BCUT2D eigenvalue weighted by Gasteiger charge is -2.05. The average molecular weight is 249 g/mol. The molecule has 2 nitrogen and oxygen atoms in total. The first-order valence-electron chi connectivity index (χ1n) is 5.50. The third kappa shape index (κ3) is 4.55. The molecule has 0 radical (unpaired) electrons. The topological polar surface area (TPSA) is 24.9 Å². The summed E-state index contributed by atoms with van der Waals surface area (Å²) in [5.41, 5.74) is 3.89. The van der Waals surface area contributed by atoms with Crippen LogP contribution in [0.4, 0.5) is 0 Å². The third-order valence-electron chi connectivity index (χ3n) is 2.53. The second-order valence-electron chi connectivity index (χ2n) is 3.94. The molecule has 0 aliphatic rings. The molecule has 3 heteroatoms. The smallest absolute Gasteiger partial charge is 0.0271 e. The molecule has 0 unspecified atom stereocenters. The molecule has 0 fully saturated rings. The molecule has 0 amide bonds. The van der Waals surface area contributed by atoms with Gasteiger partial charge in [0.1, 0.15) is 0 Å². The lowest BCUT2D eigenvalue weighted by atomic mass is 10.1. The summed E-state index contributed by atoms with van der Waals surface area (Å²) in [5, 5.41) is 3.41. The van der Waals surface area contributed by atoms with E-state index in [1.54, 1.807) is 0 Å². The molecular weight excluding hydrogens is 232 g/mol. The van der Waals surface area contributed by atoms with E-state index in [-0.39, 0.29) is 12.4 Å². The van der Waals surface area contributed by atoms with E-state index in [0.717, 1.165) is 13.1 Å². The van der Waals surface area contributed by atoms with Crippen molar-refractivity contribution in [3.8, 4) is 0 Å². The summed E-state index contributed by atoms with van der Waals surface area (Å²) in [6, 6.07) is 12.7. The SMILES string of the molecule is Cc1ccc(CNCc2ccncc2)cc1.Cl. The molecule has 2 aromatic rings. The quantitative estimate of drug-likeness (QED) is 0.900. The molecule has 0 saturated carbocycles. The number of benzene rings is 1. The summed E-state index contributed by atoms with van der Waals surface area (Å²) in [7, 11) is 0. The Hall–Kier alpha value is -1.38. The maximum Gasteiger partial charge on any atom is 0.0271 e. The van der Waals surface area contributed by atoms with Gasteiger partial charge in [0.05, 0.1) is 0 Å². The van der Waals surface area contributed by atoms with Gasteiger partial charge >= 0.3 is 0 Å². The lowest BCUT2D eigenvalue weighted by molar-refractivity contribution is 0.692. The molecule has 2 rings (SSSR count). The Labute approximate surface area is 109 Å². The predicted octanol–water partition coefficient (Wildman–Crippen LogP) is 3.10. The molecule has 1 aromatic heterocycles. The average Bonchev–Trinajstić information content (AvgIpc) is 2.33. The number of hydrogen-bond donors (Lipinski definition) is 1. The van der Waals surface area contributed by atoms with Crippen LogP contribution in [0.1, 0.15) is 16.7 Å². The minimum atomic E-state index is 0. The summed E-state index contributed by atoms with van der Waals surface area (Å²) >= 11 is 0. The number of rotatable bonds is 4. The highest BCUT2D eigenvalue weighted by atomic mass is 35.5. The van der Waals surface area contributed by atoms with Gasteiger partial charge in [-0.05, 0) is 30.2 Å². The van der Waals surface area contributed by atoms with E-state index < -0.39 is 0 Å². The molecule has 0 aliphatic carbocycles. The molecule has 0 atom stereocenters. The Morgan fingerprint density at radius 1 is 0.882 bits per heavy atom. The Balaban J connectivity index is 0.00000144. The summed E-state index contributed by atoms with van der Waals surface area (Å²) in [4.78, 5) is 3.99. The van der Waals surface area contributed by atoms with E-state index >= 15 is 0 Å². The number of pyridine rings is 1. The maximum atomic E-state index is 3.99. The highest BCUT2D eigenvalue weighted by molar-refractivity contribution is 5.85. The van der Waals surface area contributed by atoms with E-state index in [9.17, 15) is 0 Å². The highest BCUT2D eigenvalue weighted by Crippen LogP contribution is 2.03. The van der Waals surface area contributed by atoms with Crippen molar-refractivity contribution in [1.29, 1.82) is 0 Å². The van der Waals surface area contributed by atoms with Gasteiger partial charge in [-0.15, -0.1) is 12.4 Å². The van der Waals surface area contributed by atoms with Crippen LogP contribution in [0, 0.1) is 6.92 Å². The first-order valence-corrected chi connectivity index (χ1v) is 5.50. The molecule has 0 spiro atoms. The van der Waals surface area contributed by atoms with Crippen molar-refractivity contribution in [2.75, 3.05) is 0 Å². The summed E-state index contributed by atoms with van der Waals surface area (Å²) in [6.07, 6.45) is 3.64. The Morgan fingerprint density at radius 2 is 1.41 bits per heavy atom. The first-order chi connectivity index (χ1) is 7.84. The standard InChI is InChI=1S/C14H16N2.ClH/c1-12-2-4-13(5-3-12)10-16-11-14-6-8-15-9-7-14;/h2-9,16H,10-11H2,1H3;1H. The van der Waals surface area contributed by atoms with Crippen LogP contribution in [0.3, 0.4) is 0 Å². The van der Waals surface area contributed by atoms with Crippen molar-refractivity contribution in [3.63, 3.8) is 0 Å². The fourth-order valence-corrected chi connectivity index (χ4v) is 1.56. The molecule has 0 bridgehead atoms. The van der Waals surface area contributed by atoms with Gasteiger partial charge in [0.2, 0.25) is 0 Å². The number of hydrogen-bond acceptors (Lipinski definition) is 2. The Kier molecular flexibility index (Phi) is 5.67. The van der Waals surface area contributed by atoms with Crippen molar-refractivity contribution >= 4 is 12.4 Å². The zero-order chi connectivity index (χ0) is 11.2. The Bertz CT molecular complexity index is 426. The number of aromatic nitrogens is 1. The van der Waals surface area contributed by atoms with Crippen molar-refractivity contribution in [2.24, 2.45) is 0 Å². The van der Waals surface area contributed by atoms with Crippen LogP contribution >= 0.6 is 12.4 Å². The molecule has 1 aromatic carbocycles. The van der Waals surface area contributed by atoms with Crippen LogP contribution in [-0.4, -0.2) is 4.98 Å². The van der Waals surface area contributed by atoms with Crippen molar-refractivity contribution in [3.05, 3.63) is 65.5 Å². The fourth-order valence-electron chi connectivity index (χ4n) is 1.56. The van der Waals surface area contributed by atoms with Crippen molar-refractivity contribution < 1.29 is 0 Å². The van der Waals surface area contributed by atoms with Gasteiger partial charge in [-0.2, -0.15) is 0 Å². The normalized spacial score (nSPS) is 9.71. The monoisotopic (exact) mass is 248 g/mol. The van der Waals surface area contributed by atoms with Gasteiger partial charge in [0, 0.05) is 25.5 Å². The predicted molar refractivity (Wildman–Crippen MR) is 73.2 cm³/mol. The van der Waals surface area contributed by atoms with E-state index in [4.69, 9.17) is 0 Å². The minimum absolute atomic E-state index is 0. The van der Waals surface area contributed by atoms with Gasteiger partial charge in [0.25, 0.3) is 0 Å². The largest absolute Gasteiger partial charge is 0.309 e. The van der Waals surface area contributed by atoms with E-state index in [2.05, 4.69) is 41.5 Å². The second kappa shape index (κ2) is 7.05. The van der Waals surface area contributed by atoms with Crippen LogP contribution in [0.25, 0.3) is 0 Å². The summed E-state index contributed by atoms with van der Waals surface area (Å²) in [6.45, 7) is 3.90. The first kappa shape index (κ1) is 13.7. The molecule has 1 heterocycles. The van der Waals surface area contributed by atoms with Crippen LogP contribution in [0.5, 0.6) is 0 Å². The van der Waals surface area contributed by atoms with Crippen LogP contribution < -0.4 is 5.32 Å². The minimum Gasteiger partial charge on any atom is -0.309 e. The molecule has 1 N–H and O–H groups in total. The number of nitrogens with zero attached hydrogens (tertiary/aromatic N) is 1. The number of halogens is 1. The van der Waals surface area contributed by atoms with Crippen LogP contribution in [0.2, 0.25) is 0 Å². The number of aryl methyl sites for hydroxylation is 1. The molecule has 17 heavy (non-hydrogen) atoms. The molecule has 0 saturated heterocycles. The maximum absolute atomic E-state index is 3.99. The van der Waals surface area contributed by atoms with Gasteiger partial charge in [-0.25, -0.2) is 0 Å². The lowest BCUT2D eigenvalue weighted by Crippen LogP contribution is -2.12. The van der Waals surface area contributed by atoms with Gasteiger partial charge in [0.15, 0.2) is 0 Å². The van der Waals surface area contributed by atoms with E-state index in [0.29, 0.717) is 0 Å².